The van der Waals surface area contributed by atoms with Crippen LogP contribution in [0.5, 0.6) is 0 Å². The summed E-state index contributed by atoms with van der Waals surface area (Å²) in [6, 6.07) is 177. The predicted molar refractivity (Wildman–Crippen MR) is 551 cm³/mol. The maximum absolute atomic E-state index is 6.43. The summed E-state index contributed by atoms with van der Waals surface area (Å²) >= 11 is 0. The van der Waals surface area contributed by atoms with E-state index in [1.54, 1.807) is 0 Å². The second-order valence-corrected chi connectivity index (χ2v) is 33.8. The zero-order valence-electron chi connectivity index (χ0n) is 71.9. The standard InChI is InChI=1S/C66H43NO2.C60H39NO2/c1-3-12-44(13-4-1)46-26-33-54(34-27-46)67(55-35-28-47(29-36-55)45-14-5-2-6-15-45)56-17-11-16-50(40-56)48-22-24-49(25-23-48)57-37-30-51(52-31-38-60-58-18-7-9-20-63(58)68-65(60)42-52)41-62(57)53-32-39-61-59-19-8-10-21-64(59)69-66(61)43-53;1-3-13-40(14-4-1)43-15-11-19-49(35-43)61(48-17-5-2-6-18-48)50-20-12-16-44(36-50)41-25-27-42(28-26-41)51-32-29-45(46-30-33-54-52-21-7-9-23-57(52)62-59(54)38-46)37-56(51)47-31-34-55-53-22-8-10-24-58(53)63-60(55)39-47/h1-43H;1-39H. The highest BCUT2D eigenvalue weighted by Crippen LogP contribution is 2.47. The number of hydrogen-bond donors (Lipinski definition) is 0. The number of benzene rings is 21. The Morgan fingerprint density at radius 3 is 0.659 bits per heavy atom. The molecule has 0 fully saturated rings. The molecule has 620 valence electrons. The van der Waals surface area contributed by atoms with E-state index in [-0.39, 0.29) is 0 Å². The van der Waals surface area contributed by atoms with Gasteiger partial charge in [0.1, 0.15) is 44.7 Å². The topological polar surface area (TPSA) is 59.0 Å². The summed E-state index contributed by atoms with van der Waals surface area (Å²) in [7, 11) is 0. The van der Waals surface area contributed by atoms with Gasteiger partial charge in [-0.15, -0.1) is 0 Å². The van der Waals surface area contributed by atoms with E-state index in [0.717, 1.165) is 211 Å². The van der Waals surface area contributed by atoms with Gasteiger partial charge in [-0.3, -0.25) is 0 Å². The molecule has 4 heterocycles. The lowest BCUT2D eigenvalue weighted by Crippen LogP contribution is -2.10. The molecule has 0 saturated heterocycles. The van der Waals surface area contributed by atoms with Gasteiger partial charge in [0.2, 0.25) is 0 Å². The maximum atomic E-state index is 6.43. The highest BCUT2D eigenvalue weighted by Gasteiger charge is 2.23. The van der Waals surface area contributed by atoms with E-state index < -0.39 is 0 Å². The molecule has 0 aliphatic rings. The molecular formula is C126H82N2O4. The second kappa shape index (κ2) is 33.6. The zero-order chi connectivity index (χ0) is 87.4. The number of nitrogens with zero attached hydrogens (tertiary/aromatic N) is 2. The van der Waals surface area contributed by atoms with E-state index in [1.807, 2.05) is 48.5 Å². The molecule has 4 aromatic heterocycles. The molecule has 132 heavy (non-hydrogen) atoms. The molecule has 21 aromatic carbocycles. The average molecular weight is 1690 g/mol. The summed E-state index contributed by atoms with van der Waals surface area (Å²) < 4.78 is 25.5. The summed E-state index contributed by atoms with van der Waals surface area (Å²) in [4.78, 5) is 4.68. The lowest BCUT2D eigenvalue weighted by Gasteiger charge is -2.26. The van der Waals surface area contributed by atoms with Crippen LogP contribution < -0.4 is 9.80 Å². The Morgan fingerprint density at radius 2 is 0.311 bits per heavy atom. The fourth-order valence-electron chi connectivity index (χ4n) is 19.2. The SMILES string of the molecule is c1ccc(-c2ccc(N(c3ccc(-c4ccccc4)cc3)c3cccc(-c4ccc(-c5ccc(-c6ccc7c(c6)oc6ccccc67)cc5-c5ccc6c(c5)oc5ccccc56)cc4)c3)cc2)cc1.c1ccc(-c2cccc(N(c3ccccc3)c3cccc(-c4ccc(-c5ccc(-c6ccc7c(c6)oc6ccccc67)cc5-c5ccc6c(c5)oc5ccccc56)cc4)c3)c2)cc1. The first kappa shape index (κ1) is 77.9. The molecule has 0 saturated carbocycles. The molecule has 6 heteroatoms. The monoisotopic (exact) mass is 1690 g/mol. The third kappa shape index (κ3) is 14.9. The Labute approximate surface area is 764 Å². The molecule has 25 rings (SSSR count). The second-order valence-electron chi connectivity index (χ2n) is 33.8. The molecule has 6 nitrogen and oxygen atoms in total. The van der Waals surface area contributed by atoms with Gasteiger partial charge < -0.3 is 27.5 Å². The molecule has 0 radical (unpaired) electrons. The smallest absolute Gasteiger partial charge is 0.136 e. The Balaban J connectivity index is 0.000000146. The van der Waals surface area contributed by atoms with Crippen molar-refractivity contribution in [3.05, 3.63) is 497 Å². The summed E-state index contributed by atoms with van der Waals surface area (Å²) in [5.74, 6) is 0. The number of rotatable bonds is 17. The number of hydrogen-bond acceptors (Lipinski definition) is 6. The van der Waals surface area contributed by atoms with E-state index in [2.05, 4.69) is 459 Å². The molecule has 0 aliphatic carbocycles. The molecule has 0 amide bonds. The first-order valence-electron chi connectivity index (χ1n) is 44.9. The van der Waals surface area contributed by atoms with Gasteiger partial charge in [-0.05, 0) is 280 Å². The highest BCUT2D eigenvalue weighted by molar-refractivity contribution is 6.10. The summed E-state index contributed by atoms with van der Waals surface area (Å²) in [6.45, 7) is 0. The van der Waals surface area contributed by atoms with Gasteiger partial charge in [-0.2, -0.15) is 0 Å². The van der Waals surface area contributed by atoms with Crippen LogP contribution >= 0.6 is 0 Å². The first-order chi connectivity index (χ1) is 65.4. The van der Waals surface area contributed by atoms with Crippen LogP contribution in [0.2, 0.25) is 0 Å². The van der Waals surface area contributed by atoms with E-state index in [1.165, 1.54) is 33.4 Å². The van der Waals surface area contributed by atoms with Crippen LogP contribution in [-0.2, 0) is 0 Å². The first-order valence-corrected chi connectivity index (χ1v) is 44.9. The van der Waals surface area contributed by atoms with Crippen LogP contribution in [0.25, 0.3) is 210 Å². The summed E-state index contributed by atoms with van der Waals surface area (Å²) in [5, 5.41) is 8.98. The quantitative estimate of drug-likeness (QED) is 0.0905. The third-order valence-electron chi connectivity index (χ3n) is 25.8. The van der Waals surface area contributed by atoms with Crippen molar-refractivity contribution in [3.8, 4) is 122 Å². The summed E-state index contributed by atoms with van der Waals surface area (Å²) in [6.07, 6.45) is 0. The number of furan rings is 4. The van der Waals surface area contributed by atoms with Crippen LogP contribution in [0.15, 0.2) is 515 Å². The van der Waals surface area contributed by atoms with E-state index in [0.29, 0.717) is 0 Å². The predicted octanol–water partition coefficient (Wildman–Crippen LogP) is 36.2. The molecule has 0 bridgehead atoms. The van der Waals surface area contributed by atoms with Crippen molar-refractivity contribution in [1.29, 1.82) is 0 Å². The molecular weight excluding hydrogens is 1610 g/mol. The largest absolute Gasteiger partial charge is 0.456 e. The van der Waals surface area contributed by atoms with Gasteiger partial charge in [-0.1, -0.05) is 340 Å². The fraction of sp³-hybridized carbons (Fsp3) is 0. The van der Waals surface area contributed by atoms with Gasteiger partial charge in [0.05, 0.1) is 0 Å². The van der Waals surface area contributed by atoms with Crippen molar-refractivity contribution in [2.75, 3.05) is 9.80 Å². The van der Waals surface area contributed by atoms with Crippen LogP contribution in [0, 0.1) is 0 Å². The van der Waals surface area contributed by atoms with Gasteiger partial charge in [0.15, 0.2) is 0 Å². The summed E-state index contributed by atoms with van der Waals surface area (Å²) in [5.41, 5.74) is 38.8. The van der Waals surface area contributed by atoms with Crippen molar-refractivity contribution in [2.45, 2.75) is 0 Å². The van der Waals surface area contributed by atoms with E-state index in [9.17, 15) is 0 Å². The van der Waals surface area contributed by atoms with E-state index in [4.69, 9.17) is 17.7 Å². The Morgan fingerprint density at radius 1 is 0.106 bits per heavy atom. The third-order valence-corrected chi connectivity index (χ3v) is 25.8. The molecule has 0 aliphatic heterocycles. The van der Waals surface area contributed by atoms with Crippen LogP contribution in [-0.4, -0.2) is 0 Å². The van der Waals surface area contributed by atoms with Crippen molar-refractivity contribution in [1.82, 2.24) is 0 Å². The minimum atomic E-state index is 0.872. The Bertz CT molecular complexity index is 8530. The minimum absolute atomic E-state index is 0.872. The van der Waals surface area contributed by atoms with Gasteiger partial charge >= 0.3 is 0 Å². The fourth-order valence-corrected chi connectivity index (χ4v) is 19.2. The van der Waals surface area contributed by atoms with Crippen LogP contribution in [0.4, 0.5) is 34.1 Å². The van der Waals surface area contributed by atoms with Crippen molar-refractivity contribution in [2.24, 2.45) is 0 Å². The zero-order valence-corrected chi connectivity index (χ0v) is 71.9. The molecule has 0 spiro atoms. The molecule has 0 atom stereocenters. The minimum Gasteiger partial charge on any atom is -0.456 e. The molecule has 25 aromatic rings. The Kier molecular flexibility index (Phi) is 19.9. The van der Waals surface area contributed by atoms with Crippen molar-refractivity contribution < 1.29 is 17.7 Å². The van der Waals surface area contributed by atoms with Crippen LogP contribution in [0.3, 0.4) is 0 Å². The van der Waals surface area contributed by atoms with Gasteiger partial charge in [-0.25, -0.2) is 0 Å². The number of fused-ring (bicyclic) bond motifs is 12. The molecule has 0 N–H and O–H groups in total. The normalized spacial score (nSPS) is 11.5. The van der Waals surface area contributed by atoms with Gasteiger partial charge in [0.25, 0.3) is 0 Å². The number of para-hydroxylation sites is 5. The number of anilines is 6. The lowest BCUT2D eigenvalue weighted by atomic mass is 9.90. The van der Waals surface area contributed by atoms with E-state index >= 15 is 0 Å². The Hall–Kier alpha value is -17.6. The van der Waals surface area contributed by atoms with Gasteiger partial charge in [0, 0.05) is 77.2 Å². The molecule has 0 unspecified atom stereocenters. The van der Waals surface area contributed by atoms with Crippen molar-refractivity contribution >= 4 is 122 Å². The highest BCUT2D eigenvalue weighted by atomic mass is 16.3. The average Bonchev–Trinajstić information content (AvgIpc) is 1.53. The maximum Gasteiger partial charge on any atom is 0.136 e. The lowest BCUT2D eigenvalue weighted by molar-refractivity contribution is 0.668. The van der Waals surface area contributed by atoms with Crippen LogP contribution in [0.1, 0.15) is 0 Å². The van der Waals surface area contributed by atoms with Crippen molar-refractivity contribution in [3.63, 3.8) is 0 Å².